The molecule has 1 atom stereocenters. The number of hydrogen-bond acceptors (Lipinski definition) is 2. The third-order valence-corrected chi connectivity index (χ3v) is 2.17. The number of halogens is 5. The van der Waals surface area contributed by atoms with Gasteiger partial charge in [0, 0.05) is 0 Å². The van der Waals surface area contributed by atoms with Crippen LogP contribution >= 0.6 is 0 Å². The Labute approximate surface area is 93.6 Å². The van der Waals surface area contributed by atoms with Gasteiger partial charge >= 0.3 is 12.8 Å². The van der Waals surface area contributed by atoms with Crippen LogP contribution in [0.2, 0.25) is 0 Å². The van der Waals surface area contributed by atoms with Crippen molar-refractivity contribution in [1.29, 1.82) is 0 Å². The summed E-state index contributed by atoms with van der Waals surface area (Å²) in [6.45, 7) is -2.60. The average molecular weight is 256 g/mol. The van der Waals surface area contributed by atoms with Crippen molar-refractivity contribution in [1.82, 2.24) is 0 Å². The quantitative estimate of drug-likeness (QED) is 0.842. The third-order valence-electron chi connectivity index (χ3n) is 2.17. The van der Waals surface area contributed by atoms with Crippen molar-refractivity contribution in [3.8, 4) is 5.75 Å². The van der Waals surface area contributed by atoms with Crippen molar-refractivity contribution in [2.75, 3.05) is 0 Å². The molecular weight excluding hydrogens is 247 g/mol. The summed E-state index contributed by atoms with van der Waals surface area (Å²) < 4.78 is 65.1. The van der Waals surface area contributed by atoms with E-state index >= 15 is 0 Å². The average Bonchev–Trinajstić information content (AvgIpc) is 2.15. The van der Waals surface area contributed by atoms with Crippen molar-refractivity contribution < 1.29 is 31.8 Å². The van der Waals surface area contributed by atoms with E-state index in [0.29, 0.717) is 6.92 Å². The Kier molecular flexibility index (Phi) is 3.61. The largest absolute Gasteiger partial charge is 0.435 e. The molecule has 1 N–H and O–H groups in total. The van der Waals surface area contributed by atoms with Gasteiger partial charge in [-0.15, -0.1) is 0 Å². The molecule has 0 heterocycles. The summed E-state index contributed by atoms with van der Waals surface area (Å²) in [6.07, 6.45) is -4.91. The predicted molar refractivity (Wildman–Crippen MR) is 48.7 cm³/mol. The highest BCUT2D eigenvalue weighted by Crippen LogP contribution is 2.39. The van der Waals surface area contributed by atoms with E-state index in [-0.39, 0.29) is 0 Å². The Bertz CT molecular complexity index is 387. The normalized spacial score (nSPS) is 15.8. The van der Waals surface area contributed by atoms with Crippen LogP contribution in [0.15, 0.2) is 24.3 Å². The Morgan fingerprint density at radius 2 is 1.82 bits per heavy atom. The molecule has 0 saturated heterocycles. The highest BCUT2D eigenvalue weighted by atomic mass is 19.4. The number of ether oxygens (including phenoxy) is 1. The van der Waals surface area contributed by atoms with Gasteiger partial charge in [-0.2, -0.15) is 22.0 Å². The lowest BCUT2D eigenvalue weighted by molar-refractivity contribution is -0.258. The molecule has 17 heavy (non-hydrogen) atoms. The highest BCUT2D eigenvalue weighted by molar-refractivity contribution is 5.32. The summed E-state index contributed by atoms with van der Waals surface area (Å²) in [7, 11) is 0. The van der Waals surface area contributed by atoms with Gasteiger partial charge in [-0.3, -0.25) is 0 Å². The minimum atomic E-state index is -4.91. The minimum absolute atomic E-state index is 0.443. The Hall–Kier alpha value is -1.37. The van der Waals surface area contributed by atoms with Gasteiger partial charge in [-0.1, -0.05) is 12.1 Å². The van der Waals surface area contributed by atoms with E-state index in [1.165, 1.54) is 0 Å². The Morgan fingerprint density at radius 3 is 2.29 bits per heavy atom. The van der Waals surface area contributed by atoms with Gasteiger partial charge in [0.25, 0.3) is 0 Å². The summed E-state index contributed by atoms with van der Waals surface area (Å²) in [4.78, 5) is 0. The van der Waals surface area contributed by atoms with Crippen LogP contribution in [-0.4, -0.2) is 17.9 Å². The number of benzene rings is 1. The third kappa shape index (κ3) is 3.06. The molecule has 96 valence electrons. The molecule has 1 unspecified atom stereocenters. The van der Waals surface area contributed by atoms with Crippen molar-refractivity contribution in [3.63, 3.8) is 0 Å². The smallest absolute Gasteiger partial charge is 0.421 e. The molecule has 0 aromatic heterocycles. The van der Waals surface area contributed by atoms with Crippen LogP contribution in [-0.2, 0) is 5.60 Å². The number of hydrogen-bond donors (Lipinski definition) is 1. The molecule has 0 fully saturated rings. The van der Waals surface area contributed by atoms with E-state index in [9.17, 15) is 27.1 Å². The molecule has 1 rings (SSSR count). The van der Waals surface area contributed by atoms with Crippen molar-refractivity contribution >= 4 is 0 Å². The molecule has 0 radical (unpaired) electrons. The van der Waals surface area contributed by atoms with E-state index in [1.807, 2.05) is 0 Å². The fourth-order valence-electron chi connectivity index (χ4n) is 1.14. The maximum Gasteiger partial charge on any atom is 0.421 e. The molecule has 0 aliphatic carbocycles. The van der Waals surface area contributed by atoms with Crippen LogP contribution in [0.1, 0.15) is 12.5 Å². The molecule has 2 nitrogen and oxygen atoms in total. The summed E-state index contributed by atoms with van der Waals surface area (Å²) in [5.74, 6) is -0.443. The summed E-state index contributed by atoms with van der Waals surface area (Å²) in [6, 6.07) is 3.86. The molecule has 0 bridgehead atoms. The number of alkyl halides is 5. The predicted octanol–water partition coefficient (Wildman–Crippen LogP) is 3.06. The monoisotopic (exact) mass is 256 g/mol. The van der Waals surface area contributed by atoms with Crippen LogP contribution < -0.4 is 4.74 Å². The lowest BCUT2D eigenvalue weighted by atomic mass is 9.95. The second kappa shape index (κ2) is 4.48. The van der Waals surface area contributed by atoms with E-state index < -0.39 is 29.7 Å². The molecule has 1 aromatic carbocycles. The van der Waals surface area contributed by atoms with Crippen LogP contribution in [0.5, 0.6) is 5.75 Å². The van der Waals surface area contributed by atoms with Crippen molar-refractivity contribution in [2.45, 2.75) is 25.3 Å². The van der Waals surface area contributed by atoms with Gasteiger partial charge in [-0.05, 0) is 24.6 Å². The Balaban J connectivity index is 3.07. The van der Waals surface area contributed by atoms with Gasteiger partial charge < -0.3 is 9.84 Å². The number of aliphatic hydroxyl groups is 1. The zero-order valence-electron chi connectivity index (χ0n) is 8.63. The molecule has 0 aliphatic heterocycles. The molecule has 0 amide bonds. The van der Waals surface area contributed by atoms with Crippen LogP contribution in [0.4, 0.5) is 22.0 Å². The summed E-state index contributed by atoms with van der Waals surface area (Å²) in [5, 5.41) is 9.31. The van der Waals surface area contributed by atoms with Gasteiger partial charge in [0.2, 0.25) is 0 Å². The molecule has 0 aliphatic rings. The van der Waals surface area contributed by atoms with Crippen LogP contribution in [0.25, 0.3) is 0 Å². The van der Waals surface area contributed by atoms with Crippen LogP contribution in [0, 0.1) is 0 Å². The van der Waals surface area contributed by atoms with Gasteiger partial charge in [-0.25, -0.2) is 0 Å². The maximum atomic E-state index is 12.5. The Morgan fingerprint density at radius 1 is 1.24 bits per heavy atom. The minimum Gasteiger partial charge on any atom is -0.435 e. The summed E-state index contributed by atoms with van der Waals surface area (Å²) >= 11 is 0. The zero-order chi connectivity index (χ0) is 13.3. The van der Waals surface area contributed by atoms with Crippen molar-refractivity contribution in [3.05, 3.63) is 29.8 Å². The molecule has 7 heteroatoms. The van der Waals surface area contributed by atoms with Gasteiger partial charge in [0.15, 0.2) is 5.60 Å². The molecule has 0 saturated carbocycles. The molecular formula is C10H9F5O2. The standard InChI is InChI=1S/C10H9F5O2/c1-9(16,10(13,14)15)6-3-2-4-7(5-6)17-8(11)12/h2-5,8,16H,1H3. The van der Waals surface area contributed by atoms with E-state index in [4.69, 9.17) is 0 Å². The van der Waals surface area contributed by atoms with E-state index in [1.54, 1.807) is 0 Å². The summed E-state index contributed by atoms with van der Waals surface area (Å²) in [5.41, 5.74) is -3.68. The SMILES string of the molecule is CC(O)(c1cccc(OC(F)F)c1)C(F)(F)F. The second-order valence-corrected chi connectivity index (χ2v) is 3.48. The first-order valence-electron chi connectivity index (χ1n) is 4.49. The molecule has 1 aromatic rings. The van der Waals surface area contributed by atoms with Gasteiger partial charge in [0.1, 0.15) is 5.75 Å². The van der Waals surface area contributed by atoms with Gasteiger partial charge in [0.05, 0.1) is 0 Å². The lowest BCUT2D eigenvalue weighted by Gasteiger charge is -2.26. The second-order valence-electron chi connectivity index (χ2n) is 3.48. The van der Waals surface area contributed by atoms with Crippen molar-refractivity contribution in [2.24, 2.45) is 0 Å². The van der Waals surface area contributed by atoms with E-state index in [0.717, 1.165) is 24.3 Å². The first kappa shape index (κ1) is 13.7. The fourth-order valence-corrected chi connectivity index (χ4v) is 1.14. The first-order chi connectivity index (χ1) is 7.64. The topological polar surface area (TPSA) is 29.5 Å². The maximum absolute atomic E-state index is 12.5. The fraction of sp³-hybridized carbons (Fsp3) is 0.400. The number of rotatable bonds is 3. The highest BCUT2D eigenvalue weighted by Gasteiger charge is 2.51. The van der Waals surface area contributed by atoms with Crippen LogP contribution in [0.3, 0.4) is 0 Å². The lowest BCUT2D eigenvalue weighted by Crippen LogP contribution is -2.39. The zero-order valence-corrected chi connectivity index (χ0v) is 8.63. The molecule has 0 spiro atoms. The van der Waals surface area contributed by atoms with E-state index in [2.05, 4.69) is 4.74 Å². The first-order valence-corrected chi connectivity index (χ1v) is 4.49.